The van der Waals surface area contributed by atoms with E-state index in [1.165, 1.54) is 23.1 Å². The van der Waals surface area contributed by atoms with Gasteiger partial charge in [0.05, 0.1) is 28.5 Å². The summed E-state index contributed by atoms with van der Waals surface area (Å²) in [6.07, 6.45) is 0.0623. The first kappa shape index (κ1) is 21.7. The smallest absolute Gasteiger partial charge is 0.244 e. The summed E-state index contributed by atoms with van der Waals surface area (Å²) in [6, 6.07) is 17.1. The van der Waals surface area contributed by atoms with Gasteiger partial charge in [-0.3, -0.25) is 14.6 Å². The van der Waals surface area contributed by atoms with Crippen molar-refractivity contribution in [1.29, 1.82) is 0 Å². The van der Waals surface area contributed by atoms with E-state index >= 15 is 0 Å². The average Bonchev–Trinajstić information content (AvgIpc) is 2.89. The van der Waals surface area contributed by atoms with E-state index in [0.29, 0.717) is 22.8 Å². The molecule has 1 aliphatic heterocycles. The molecule has 0 saturated carbocycles. The van der Waals surface area contributed by atoms with E-state index in [1.807, 2.05) is 44.2 Å². The first-order valence-corrected chi connectivity index (χ1v) is 10.5. The molecule has 1 heterocycles. The summed E-state index contributed by atoms with van der Waals surface area (Å²) < 4.78 is 13.4. The minimum atomic E-state index is -0.572. The van der Waals surface area contributed by atoms with Crippen molar-refractivity contribution in [3.8, 4) is 0 Å². The van der Waals surface area contributed by atoms with Gasteiger partial charge in [-0.1, -0.05) is 35.9 Å². The summed E-state index contributed by atoms with van der Waals surface area (Å²) in [5.41, 5.74) is 5.33. The number of carbonyl (C=O) groups is 2. The number of benzene rings is 3. The van der Waals surface area contributed by atoms with E-state index in [-0.39, 0.29) is 23.9 Å². The maximum Gasteiger partial charge on any atom is 0.244 e. The maximum atomic E-state index is 13.4. The quantitative estimate of drug-likeness (QED) is 0.564. The summed E-state index contributed by atoms with van der Waals surface area (Å²) in [7, 11) is 0. The average molecular weight is 450 g/mol. The van der Waals surface area contributed by atoms with E-state index in [9.17, 15) is 14.0 Å². The Morgan fingerprint density at radius 2 is 1.88 bits per heavy atom. The van der Waals surface area contributed by atoms with Gasteiger partial charge in [-0.2, -0.15) is 0 Å². The second-order valence-corrected chi connectivity index (χ2v) is 8.09. The van der Waals surface area contributed by atoms with Gasteiger partial charge in [0, 0.05) is 5.69 Å². The SMILES string of the molecule is Cc1ccc(C2=Nc3ccccc3N(CC(=O)Nc3ccc(F)c(Cl)c3)C(=O)C2)cc1C. The maximum absolute atomic E-state index is 13.4. The van der Waals surface area contributed by atoms with E-state index in [1.54, 1.807) is 12.1 Å². The van der Waals surface area contributed by atoms with E-state index in [2.05, 4.69) is 5.32 Å². The van der Waals surface area contributed by atoms with Gasteiger partial charge in [0.1, 0.15) is 12.4 Å². The molecule has 0 spiro atoms. The van der Waals surface area contributed by atoms with Gasteiger partial charge in [0.2, 0.25) is 11.8 Å². The second kappa shape index (κ2) is 8.93. The highest BCUT2D eigenvalue weighted by atomic mass is 35.5. The number of hydrogen-bond donors (Lipinski definition) is 1. The Labute approximate surface area is 190 Å². The third-order valence-electron chi connectivity index (χ3n) is 5.39. The molecule has 0 fully saturated rings. The fourth-order valence-corrected chi connectivity index (χ4v) is 3.70. The Morgan fingerprint density at radius 3 is 2.62 bits per heavy atom. The molecule has 2 amide bonds. The van der Waals surface area contributed by atoms with Crippen LogP contribution in [0.15, 0.2) is 65.7 Å². The summed E-state index contributed by atoms with van der Waals surface area (Å²) in [6.45, 7) is 3.84. The molecule has 0 aromatic heterocycles. The molecule has 1 N–H and O–H groups in total. The lowest BCUT2D eigenvalue weighted by Gasteiger charge is -2.22. The summed E-state index contributed by atoms with van der Waals surface area (Å²) in [5.74, 6) is -1.23. The molecule has 3 aromatic carbocycles. The molecular formula is C25H21ClFN3O2. The zero-order chi connectivity index (χ0) is 22.8. The topological polar surface area (TPSA) is 61.8 Å². The van der Waals surface area contributed by atoms with Gasteiger partial charge >= 0.3 is 0 Å². The first-order valence-electron chi connectivity index (χ1n) is 10.1. The van der Waals surface area contributed by atoms with Crippen molar-refractivity contribution in [3.05, 3.63) is 88.2 Å². The zero-order valence-electron chi connectivity index (χ0n) is 17.7. The molecule has 0 saturated heterocycles. The number of hydrogen-bond acceptors (Lipinski definition) is 3. The Balaban J connectivity index is 1.61. The monoisotopic (exact) mass is 449 g/mol. The molecule has 0 radical (unpaired) electrons. The number of fused-ring (bicyclic) bond motifs is 1. The van der Waals surface area contributed by atoms with Gasteiger partial charge in [0.25, 0.3) is 0 Å². The van der Waals surface area contributed by atoms with Gasteiger partial charge in [-0.25, -0.2) is 4.39 Å². The number of nitrogens with zero attached hydrogens (tertiary/aromatic N) is 2. The number of carbonyl (C=O) groups excluding carboxylic acids is 2. The van der Waals surface area contributed by atoms with Crippen LogP contribution in [0.1, 0.15) is 23.1 Å². The number of rotatable bonds is 4. The number of aliphatic imine (C=N–C) groups is 1. The first-order chi connectivity index (χ1) is 15.3. The predicted octanol–water partition coefficient (Wildman–Crippen LogP) is 5.59. The minimum absolute atomic E-state index is 0.0623. The lowest BCUT2D eigenvalue weighted by atomic mass is 10.0. The molecule has 0 atom stereocenters. The Morgan fingerprint density at radius 1 is 1.09 bits per heavy atom. The second-order valence-electron chi connectivity index (χ2n) is 7.68. The van der Waals surface area contributed by atoms with E-state index < -0.39 is 11.7 Å². The van der Waals surface area contributed by atoms with E-state index in [0.717, 1.165) is 16.7 Å². The van der Waals surface area contributed by atoms with Crippen molar-refractivity contribution in [1.82, 2.24) is 0 Å². The summed E-state index contributed by atoms with van der Waals surface area (Å²) in [4.78, 5) is 32.1. The molecule has 5 nitrogen and oxygen atoms in total. The van der Waals surface area contributed by atoms with Gasteiger partial charge in [-0.15, -0.1) is 0 Å². The molecule has 4 rings (SSSR count). The Kier molecular flexibility index (Phi) is 6.06. The highest BCUT2D eigenvalue weighted by Crippen LogP contribution is 2.33. The molecular weight excluding hydrogens is 429 g/mol. The normalized spacial score (nSPS) is 13.3. The zero-order valence-corrected chi connectivity index (χ0v) is 18.4. The molecule has 0 aliphatic carbocycles. The van der Waals surface area contributed by atoms with Crippen LogP contribution in [0.4, 0.5) is 21.5 Å². The van der Waals surface area contributed by atoms with Crippen LogP contribution in [0, 0.1) is 19.7 Å². The van der Waals surface area contributed by atoms with Crippen LogP contribution in [-0.4, -0.2) is 24.1 Å². The van der Waals surface area contributed by atoms with Gasteiger partial charge < -0.3 is 10.2 Å². The molecule has 3 aromatic rings. The number of amides is 2. The molecule has 7 heteroatoms. The number of nitrogens with one attached hydrogen (secondary N) is 1. The fourth-order valence-electron chi connectivity index (χ4n) is 3.52. The summed E-state index contributed by atoms with van der Waals surface area (Å²) >= 11 is 5.79. The van der Waals surface area contributed by atoms with Crippen molar-refractivity contribution in [2.24, 2.45) is 4.99 Å². The molecule has 0 unspecified atom stereocenters. The Hall–Kier alpha value is -3.51. The number of aryl methyl sites for hydroxylation is 2. The van der Waals surface area contributed by atoms with Crippen LogP contribution in [0.3, 0.4) is 0 Å². The van der Waals surface area contributed by atoms with E-state index in [4.69, 9.17) is 16.6 Å². The lowest BCUT2D eigenvalue weighted by Crippen LogP contribution is -2.38. The van der Waals surface area contributed by atoms with Crippen molar-refractivity contribution in [3.63, 3.8) is 0 Å². The number of anilines is 2. The highest BCUT2D eigenvalue weighted by molar-refractivity contribution is 6.31. The van der Waals surface area contributed by atoms with Crippen LogP contribution < -0.4 is 10.2 Å². The van der Waals surface area contributed by atoms with Crippen LogP contribution in [0.25, 0.3) is 0 Å². The van der Waals surface area contributed by atoms with Crippen LogP contribution in [0.5, 0.6) is 0 Å². The largest absolute Gasteiger partial charge is 0.324 e. The van der Waals surface area contributed by atoms with Gasteiger partial charge in [0.15, 0.2) is 0 Å². The van der Waals surface area contributed by atoms with Crippen molar-refractivity contribution < 1.29 is 14.0 Å². The summed E-state index contributed by atoms with van der Waals surface area (Å²) in [5, 5.41) is 2.57. The van der Waals surface area contributed by atoms with Crippen molar-refractivity contribution in [2.45, 2.75) is 20.3 Å². The standard InChI is InChI=1S/C25H21ClFN3O2/c1-15-7-8-17(11-16(15)2)22-13-25(32)30(23-6-4-3-5-21(23)29-22)14-24(31)28-18-9-10-20(27)19(26)12-18/h3-12H,13-14H2,1-2H3,(H,28,31). The molecule has 1 aliphatic rings. The third kappa shape index (κ3) is 4.55. The predicted molar refractivity (Wildman–Crippen MR) is 126 cm³/mol. The van der Waals surface area contributed by atoms with Crippen LogP contribution in [0.2, 0.25) is 5.02 Å². The van der Waals surface area contributed by atoms with Crippen LogP contribution in [-0.2, 0) is 9.59 Å². The van der Waals surface area contributed by atoms with Crippen molar-refractivity contribution >= 4 is 46.2 Å². The lowest BCUT2D eigenvalue weighted by molar-refractivity contribution is -0.120. The Bertz CT molecular complexity index is 1260. The van der Waals surface area contributed by atoms with Crippen LogP contribution >= 0.6 is 11.6 Å². The third-order valence-corrected chi connectivity index (χ3v) is 5.68. The number of para-hydroxylation sites is 2. The van der Waals surface area contributed by atoms with Crippen molar-refractivity contribution in [2.75, 3.05) is 16.8 Å². The molecule has 162 valence electrons. The highest BCUT2D eigenvalue weighted by Gasteiger charge is 2.26. The molecule has 0 bridgehead atoms. The molecule has 32 heavy (non-hydrogen) atoms. The minimum Gasteiger partial charge on any atom is -0.324 e. The number of halogens is 2. The van der Waals surface area contributed by atoms with Gasteiger partial charge in [-0.05, 0) is 66.9 Å². The fraction of sp³-hybridized carbons (Fsp3) is 0.160.